The van der Waals surface area contributed by atoms with Crippen molar-refractivity contribution >= 4 is 33.3 Å². The number of hydrogen-bond acceptors (Lipinski definition) is 4. The lowest BCUT2D eigenvalue weighted by Crippen LogP contribution is -2.18. The SMILES string of the molecule is CCCCn1c(C(=O)Nc2nc(-c3ccc(OC)cc3)c(C)s2)c(C)c2ccccc21. The van der Waals surface area contributed by atoms with Gasteiger partial charge in [-0.2, -0.15) is 0 Å². The number of benzene rings is 2. The Labute approximate surface area is 186 Å². The molecule has 0 atom stereocenters. The first kappa shape index (κ1) is 21.1. The second-order valence-corrected chi connectivity index (χ2v) is 8.81. The minimum Gasteiger partial charge on any atom is -0.497 e. The van der Waals surface area contributed by atoms with Crippen LogP contribution in [0.25, 0.3) is 22.2 Å². The summed E-state index contributed by atoms with van der Waals surface area (Å²) in [5.74, 6) is 0.695. The minimum atomic E-state index is -0.111. The number of ether oxygens (including phenoxy) is 1. The van der Waals surface area contributed by atoms with Gasteiger partial charge in [0.05, 0.1) is 12.8 Å². The average molecular weight is 434 g/mol. The number of anilines is 1. The zero-order valence-electron chi connectivity index (χ0n) is 18.4. The number of unbranched alkanes of at least 4 members (excludes halogenated alkanes) is 1. The van der Waals surface area contributed by atoms with Gasteiger partial charge in [-0.25, -0.2) is 4.98 Å². The average Bonchev–Trinajstić information content (AvgIpc) is 3.29. The molecule has 6 heteroatoms. The van der Waals surface area contributed by atoms with Crippen molar-refractivity contribution < 1.29 is 9.53 Å². The van der Waals surface area contributed by atoms with Crippen LogP contribution in [0, 0.1) is 13.8 Å². The smallest absolute Gasteiger partial charge is 0.274 e. The fraction of sp³-hybridized carbons (Fsp3) is 0.280. The number of methoxy groups -OCH3 is 1. The van der Waals surface area contributed by atoms with E-state index in [1.807, 2.05) is 50.2 Å². The highest BCUT2D eigenvalue weighted by Gasteiger charge is 2.21. The zero-order chi connectivity index (χ0) is 22.0. The number of amides is 1. The van der Waals surface area contributed by atoms with Gasteiger partial charge in [0.25, 0.3) is 5.91 Å². The third-order valence-corrected chi connectivity index (χ3v) is 6.44. The fourth-order valence-electron chi connectivity index (χ4n) is 3.94. The molecular formula is C25H27N3O2S. The molecule has 160 valence electrons. The van der Waals surface area contributed by atoms with Crippen molar-refractivity contribution in [1.82, 2.24) is 9.55 Å². The van der Waals surface area contributed by atoms with E-state index in [1.54, 1.807) is 7.11 Å². The van der Waals surface area contributed by atoms with Crippen LogP contribution in [0.5, 0.6) is 5.75 Å². The molecule has 0 saturated heterocycles. The summed E-state index contributed by atoms with van der Waals surface area (Å²) in [6.45, 7) is 7.03. The summed E-state index contributed by atoms with van der Waals surface area (Å²) in [5, 5.41) is 4.79. The van der Waals surface area contributed by atoms with E-state index < -0.39 is 0 Å². The highest BCUT2D eigenvalue weighted by molar-refractivity contribution is 7.16. The lowest BCUT2D eigenvalue weighted by atomic mass is 10.1. The number of nitrogens with one attached hydrogen (secondary N) is 1. The summed E-state index contributed by atoms with van der Waals surface area (Å²) in [5.41, 5.74) is 4.71. The molecule has 0 unspecified atom stereocenters. The molecule has 1 N–H and O–H groups in total. The first-order valence-corrected chi connectivity index (χ1v) is 11.4. The molecule has 4 aromatic rings. The van der Waals surface area contributed by atoms with Gasteiger partial charge in [-0.1, -0.05) is 31.5 Å². The zero-order valence-corrected chi connectivity index (χ0v) is 19.2. The molecular weight excluding hydrogens is 406 g/mol. The first-order chi connectivity index (χ1) is 15.0. The Kier molecular flexibility index (Phi) is 6.09. The van der Waals surface area contributed by atoms with Gasteiger partial charge in [-0.15, -0.1) is 11.3 Å². The van der Waals surface area contributed by atoms with Crippen molar-refractivity contribution in [2.75, 3.05) is 12.4 Å². The molecule has 2 aromatic carbocycles. The number of aromatic nitrogens is 2. The molecule has 0 aliphatic carbocycles. The largest absolute Gasteiger partial charge is 0.497 e. The maximum absolute atomic E-state index is 13.3. The molecule has 0 fully saturated rings. The van der Waals surface area contributed by atoms with Crippen LogP contribution in [-0.4, -0.2) is 22.6 Å². The number of thiazole rings is 1. The molecule has 0 aliphatic rings. The number of rotatable bonds is 7. The summed E-state index contributed by atoms with van der Waals surface area (Å²) in [6.07, 6.45) is 2.10. The number of carbonyl (C=O) groups excluding carboxylic acids is 1. The number of carbonyl (C=O) groups is 1. The highest BCUT2D eigenvalue weighted by Crippen LogP contribution is 2.32. The van der Waals surface area contributed by atoms with Gasteiger partial charge in [-0.05, 0) is 56.2 Å². The van der Waals surface area contributed by atoms with E-state index in [1.165, 1.54) is 11.3 Å². The quantitative estimate of drug-likeness (QED) is 0.365. The number of fused-ring (bicyclic) bond motifs is 1. The van der Waals surface area contributed by atoms with Crippen molar-refractivity contribution in [2.45, 2.75) is 40.2 Å². The maximum atomic E-state index is 13.3. The Bertz CT molecular complexity index is 1220. The van der Waals surface area contributed by atoms with Crippen LogP contribution in [0.3, 0.4) is 0 Å². The molecule has 4 rings (SSSR count). The Morgan fingerprint density at radius 3 is 2.58 bits per heavy atom. The standard InChI is InChI=1S/C25H27N3O2S/c1-5-6-15-28-21-10-8-7-9-20(21)16(2)23(28)24(29)27-25-26-22(17(3)31-25)18-11-13-19(30-4)14-12-18/h7-14H,5-6,15H2,1-4H3,(H,26,27,29). The third-order valence-electron chi connectivity index (χ3n) is 5.55. The molecule has 0 saturated carbocycles. The van der Waals surface area contributed by atoms with Crippen LogP contribution in [0.1, 0.15) is 40.7 Å². The van der Waals surface area contributed by atoms with Gasteiger partial charge in [0, 0.05) is 27.9 Å². The van der Waals surface area contributed by atoms with Crippen molar-refractivity contribution in [3.05, 3.63) is 64.7 Å². The van der Waals surface area contributed by atoms with Crippen LogP contribution in [0.2, 0.25) is 0 Å². The van der Waals surface area contributed by atoms with Gasteiger partial charge in [0.1, 0.15) is 11.4 Å². The van der Waals surface area contributed by atoms with E-state index in [0.717, 1.165) is 57.7 Å². The van der Waals surface area contributed by atoms with Crippen molar-refractivity contribution in [1.29, 1.82) is 0 Å². The predicted octanol–water partition coefficient (Wildman–Crippen LogP) is 6.44. The van der Waals surface area contributed by atoms with E-state index in [4.69, 9.17) is 9.72 Å². The molecule has 0 radical (unpaired) electrons. The van der Waals surface area contributed by atoms with E-state index in [-0.39, 0.29) is 5.91 Å². The summed E-state index contributed by atoms with van der Waals surface area (Å²) >= 11 is 1.50. The van der Waals surface area contributed by atoms with Crippen molar-refractivity contribution in [3.8, 4) is 17.0 Å². The molecule has 2 aromatic heterocycles. The number of nitrogens with zero attached hydrogens (tertiary/aromatic N) is 2. The molecule has 0 spiro atoms. The number of hydrogen-bond donors (Lipinski definition) is 1. The normalized spacial score (nSPS) is 11.1. The van der Waals surface area contributed by atoms with Gasteiger partial charge in [-0.3, -0.25) is 10.1 Å². The Morgan fingerprint density at radius 1 is 1.13 bits per heavy atom. The predicted molar refractivity (Wildman–Crippen MR) is 128 cm³/mol. The summed E-state index contributed by atoms with van der Waals surface area (Å²) < 4.78 is 7.39. The molecule has 1 amide bonds. The van der Waals surface area contributed by atoms with Crippen LogP contribution in [-0.2, 0) is 6.54 Å². The lowest BCUT2D eigenvalue weighted by molar-refractivity contribution is 0.101. The monoisotopic (exact) mass is 433 g/mol. The summed E-state index contributed by atoms with van der Waals surface area (Å²) in [6, 6.07) is 16.0. The molecule has 31 heavy (non-hydrogen) atoms. The summed E-state index contributed by atoms with van der Waals surface area (Å²) in [4.78, 5) is 19.1. The first-order valence-electron chi connectivity index (χ1n) is 10.5. The van der Waals surface area contributed by atoms with Crippen molar-refractivity contribution in [2.24, 2.45) is 0 Å². The lowest BCUT2D eigenvalue weighted by Gasteiger charge is -2.10. The van der Waals surface area contributed by atoms with Crippen LogP contribution in [0.15, 0.2) is 48.5 Å². The Balaban J connectivity index is 1.66. The van der Waals surface area contributed by atoms with Gasteiger partial charge in [0.15, 0.2) is 5.13 Å². The van der Waals surface area contributed by atoms with Gasteiger partial charge < -0.3 is 9.30 Å². The Morgan fingerprint density at radius 2 is 1.87 bits per heavy atom. The van der Waals surface area contributed by atoms with E-state index in [0.29, 0.717) is 10.8 Å². The van der Waals surface area contributed by atoms with Crippen LogP contribution >= 0.6 is 11.3 Å². The molecule has 0 aliphatic heterocycles. The number of aryl methyl sites for hydroxylation is 3. The highest BCUT2D eigenvalue weighted by atomic mass is 32.1. The van der Waals surface area contributed by atoms with Gasteiger partial charge in [0.2, 0.25) is 0 Å². The fourth-order valence-corrected chi connectivity index (χ4v) is 4.77. The van der Waals surface area contributed by atoms with Gasteiger partial charge >= 0.3 is 0 Å². The molecule has 0 bridgehead atoms. The van der Waals surface area contributed by atoms with E-state index in [9.17, 15) is 4.79 Å². The third kappa shape index (κ3) is 4.08. The number of para-hydroxylation sites is 1. The van der Waals surface area contributed by atoms with E-state index >= 15 is 0 Å². The second-order valence-electron chi connectivity index (χ2n) is 7.60. The minimum absolute atomic E-state index is 0.111. The topological polar surface area (TPSA) is 56.2 Å². The van der Waals surface area contributed by atoms with E-state index in [2.05, 4.69) is 28.9 Å². The van der Waals surface area contributed by atoms with Crippen LogP contribution < -0.4 is 10.1 Å². The summed E-state index contributed by atoms with van der Waals surface area (Å²) in [7, 11) is 1.65. The second kappa shape index (κ2) is 8.94. The van der Waals surface area contributed by atoms with Crippen molar-refractivity contribution in [3.63, 3.8) is 0 Å². The van der Waals surface area contributed by atoms with Crippen LogP contribution in [0.4, 0.5) is 5.13 Å². The maximum Gasteiger partial charge on any atom is 0.274 e. The molecule has 2 heterocycles. The molecule has 5 nitrogen and oxygen atoms in total. The Hall–Kier alpha value is -3.12.